The predicted molar refractivity (Wildman–Crippen MR) is 173 cm³/mol. The molecule has 1 aromatic heterocycles. The topological polar surface area (TPSA) is 102 Å². The number of dihydropyridines is 1. The zero-order valence-corrected chi connectivity index (χ0v) is 25.5. The number of rotatable bonds is 0. The highest BCUT2D eigenvalue weighted by Gasteiger charge is 2.39. The molecule has 4 heterocycles. The van der Waals surface area contributed by atoms with Crippen molar-refractivity contribution in [3.05, 3.63) is 77.1 Å². The number of nitrogens with zero attached hydrogens (tertiary/aromatic N) is 1. The van der Waals surface area contributed by atoms with Crippen molar-refractivity contribution < 1.29 is 19.7 Å². The van der Waals surface area contributed by atoms with Gasteiger partial charge in [-0.25, -0.2) is 0 Å². The van der Waals surface area contributed by atoms with Crippen molar-refractivity contribution in [3.8, 4) is 23.3 Å². The number of aryl methyl sites for hydroxylation is 1. The second-order valence-corrected chi connectivity index (χ2v) is 13.2. The maximum absolute atomic E-state index is 11.3. The minimum atomic E-state index is -0.513. The van der Waals surface area contributed by atoms with Crippen LogP contribution in [-0.4, -0.2) is 39.8 Å². The van der Waals surface area contributed by atoms with Gasteiger partial charge in [0.05, 0.1) is 25.0 Å². The summed E-state index contributed by atoms with van der Waals surface area (Å²) in [6.45, 7) is 2.98. The Bertz CT molecular complexity index is 1670. The number of nitrogens with two attached hydrogens (primary N) is 1. The highest BCUT2D eigenvalue weighted by atomic mass is 16.5. The second-order valence-electron chi connectivity index (χ2n) is 13.2. The van der Waals surface area contributed by atoms with E-state index in [-0.39, 0.29) is 23.2 Å². The van der Waals surface area contributed by atoms with Crippen LogP contribution in [0.5, 0.6) is 11.5 Å². The molecule has 6 bridgehead atoms. The molecule has 1 unspecified atom stereocenters. The summed E-state index contributed by atoms with van der Waals surface area (Å²) in [6.07, 6.45) is 13.9. The Morgan fingerprint density at radius 3 is 2.80 bits per heavy atom. The number of nitrogens with one attached hydrogen (secondary N) is 1. The van der Waals surface area contributed by atoms with Gasteiger partial charge in [0.2, 0.25) is 0 Å². The maximum Gasteiger partial charge on any atom is 0.161 e. The molecule has 2 aromatic carbocycles. The van der Waals surface area contributed by atoms with Crippen LogP contribution in [-0.2, 0) is 17.8 Å². The standard InChI is InChI=1S/C37H43N3O4/c1-24-7-10-26-18-35(38)39-36-32(26)23-43-30(13-16-37(24)14-2-3-15-37)19-29(41)11-8-25-9-12-33(42)34(17-25)44-22-28-6-4-5-27-20-40(36)21-31(27)28/h4-6,9,12,17-18,20-21,24,29-30,35,39,41-42H,2-3,8,11,13-16,19,22-23,38H2,1H3/t24-,29+,30-,35?/m0/s1. The number of fused-ring (bicyclic) bond motifs is 6. The molecule has 7 nitrogen and oxygen atoms in total. The summed E-state index contributed by atoms with van der Waals surface area (Å²) in [4.78, 5) is 0. The minimum Gasteiger partial charge on any atom is -0.504 e. The van der Waals surface area contributed by atoms with Crippen LogP contribution in [0.3, 0.4) is 0 Å². The van der Waals surface area contributed by atoms with Crippen molar-refractivity contribution >= 4 is 16.6 Å². The molecule has 7 heteroatoms. The molecule has 4 aliphatic rings. The van der Waals surface area contributed by atoms with Crippen LogP contribution < -0.4 is 15.8 Å². The molecule has 1 fully saturated rings. The smallest absolute Gasteiger partial charge is 0.161 e. The highest BCUT2D eigenvalue weighted by Crippen LogP contribution is 2.48. The van der Waals surface area contributed by atoms with Crippen LogP contribution in [0.15, 0.2) is 66.0 Å². The van der Waals surface area contributed by atoms with Gasteiger partial charge in [0.1, 0.15) is 12.4 Å². The Morgan fingerprint density at radius 2 is 1.93 bits per heavy atom. The average Bonchev–Trinajstić information content (AvgIpc) is 3.68. The van der Waals surface area contributed by atoms with E-state index in [2.05, 4.69) is 53.2 Å². The van der Waals surface area contributed by atoms with E-state index in [1.807, 2.05) is 24.3 Å². The van der Waals surface area contributed by atoms with Crippen molar-refractivity contribution in [1.29, 1.82) is 0 Å². The van der Waals surface area contributed by atoms with Gasteiger partial charge in [0, 0.05) is 40.2 Å². The molecule has 1 aliphatic carbocycles. The molecule has 0 radical (unpaired) electrons. The minimum absolute atomic E-state index is 0.0914. The van der Waals surface area contributed by atoms with Gasteiger partial charge >= 0.3 is 0 Å². The first-order chi connectivity index (χ1) is 21.4. The number of hydrogen-bond donors (Lipinski definition) is 4. The molecule has 0 amide bonds. The van der Waals surface area contributed by atoms with Gasteiger partial charge < -0.3 is 35.3 Å². The van der Waals surface area contributed by atoms with Gasteiger partial charge in [-0.15, -0.1) is 0 Å². The lowest BCUT2D eigenvalue weighted by Gasteiger charge is -2.34. The Labute approximate surface area is 259 Å². The number of aromatic nitrogens is 1. The van der Waals surface area contributed by atoms with E-state index in [4.69, 9.17) is 15.2 Å². The largest absolute Gasteiger partial charge is 0.504 e. The maximum atomic E-state index is 11.3. The summed E-state index contributed by atoms with van der Waals surface area (Å²) in [6, 6.07) is 11.7. The van der Waals surface area contributed by atoms with Crippen molar-refractivity contribution in [2.45, 2.75) is 89.7 Å². The van der Waals surface area contributed by atoms with E-state index in [1.165, 1.54) is 25.7 Å². The number of aliphatic hydroxyl groups is 1. The summed E-state index contributed by atoms with van der Waals surface area (Å²) < 4.78 is 15.0. The summed E-state index contributed by atoms with van der Waals surface area (Å²) in [5.74, 6) is 8.91. The molecule has 1 saturated carbocycles. The third kappa shape index (κ3) is 5.75. The van der Waals surface area contributed by atoms with Crippen molar-refractivity contribution in [2.75, 3.05) is 6.61 Å². The van der Waals surface area contributed by atoms with E-state index in [9.17, 15) is 10.2 Å². The lowest BCUT2D eigenvalue weighted by atomic mass is 9.71. The molecule has 44 heavy (non-hydrogen) atoms. The van der Waals surface area contributed by atoms with Gasteiger partial charge in [-0.1, -0.05) is 55.9 Å². The number of benzene rings is 2. The van der Waals surface area contributed by atoms with Crippen molar-refractivity contribution in [3.63, 3.8) is 0 Å². The first-order valence-corrected chi connectivity index (χ1v) is 16.2. The number of aliphatic hydroxyl groups excluding tert-OH is 1. The number of ether oxygens (including phenoxy) is 2. The lowest BCUT2D eigenvalue weighted by molar-refractivity contribution is 0.00805. The van der Waals surface area contributed by atoms with Crippen molar-refractivity contribution in [1.82, 2.24) is 9.88 Å². The number of phenols is 1. The van der Waals surface area contributed by atoms with Crippen LogP contribution in [0.2, 0.25) is 0 Å². The highest BCUT2D eigenvalue weighted by molar-refractivity contribution is 5.87. The lowest BCUT2D eigenvalue weighted by Crippen LogP contribution is -2.40. The molecule has 1 spiro atoms. The van der Waals surface area contributed by atoms with Crippen molar-refractivity contribution in [2.24, 2.45) is 17.1 Å². The first-order valence-electron chi connectivity index (χ1n) is 16.2. The molecule has 230 valence electrons. The average molecular weight is 594 g/mol. The van der Waals surface area contributed by atoms with E-state index in [0.29, 0.717) is 38.2 Å². The Balaban J connectivity index is 1.36. The van der Waals surface area contributed by atoms with Gasteiger partial charge in [0.25, 0.3) is 0 Å². The third-order valence-electron chi connectivity index (χ3n) is 10.4. The normalized spacial score (nSPS) is 27.0. The fourth-order valence-corrected chi connectivity index (χ4v) is 7.65. The third-order valence-corrected chi connectivity index (χ3v) is 10.4. The van der Waals surface area contributed by atoms with E-state index in [0.717, 1.165) is 51.7 Å². The van der Waals surface area contributed by atoms with Crippen LogP contribution in [0.1, 0.15) is 69.4 Å². The quantitative estimate of drug-likeness (QED) is 0.239. The Kier molecular flexibility index (Phi) is 7.92. The number of aromatic hydroxyl groups is 1. The van der Waals surface area contributed by atoms with E-state index >= 15 is 0 Å². The Morgan fingerprint density at radius 1 is 1.07 bits per heavy atom. The van der Waals surface area contributed by atoms with Crippen LogP contribution in [0.25, 0.3) is 16.6 Å². The fourth-order valence-electron chi connectivity index (χ4n) is 7.65. The van der Waals surface area contributed by atoms with Crippen LogP contribution in [0, 0.1) is 23.2 Å². The molecule has 3 aromatic rings. The van der Waals surface area contributed by atoms with Gasteiger partial charge in [0.15, 0.2) is 11.5 Å². The SMILES string of the molecule is C[C@H]1C#CC2=CC(N)NC3=C2CO[C@@H](CCC12CCCC2)C[C@H](O)CCc1ccc(O)c(c1)OCc1cccc2cn3cc12. The zero-order valence-electron chi connectivity index (χ0n) is 25.5. The Hall–Kier alpha value is -3.70. The fraction of sp³-hybridized carbons (Fsp3) is 0.459. The first kappa shape index (κ1) is 29.0. The van der Waals surface area contributed by atoms with Gasteiger partial charge in [-0.2, -0.15) is 0 Å². The molecule has 0 saturated heterocycles. The van der Waals surface area contributed by atoms with E-state index in [1.54, 1.807) is 6.07 Å². The number of hydrogen-bond acceptors (Lipinski definition) is 6. The molecule has 5 N–H and O–H groups in total. The number of phenolic OH excluding ortho intramolecular Hbond substituents is 1. The van der Waals surface area contributed by atoms with Crippen LogP contribution >= 0.6 is 0 Å². The summed E-state index contributed by atoms with van der Waals surface area (Å²) in [5.41, 5.74) is 10.7. The molecule has 3 aliphatic heterocycles. The summed E-state index contributed by atoms with van der Waals surface area (Å²) in [7, 11) is 0. The predicted octanol–water partition coefficient (Wildman–Crippen LogP) is 5.99. The molecular weight excluding hydrogens is 550 g/mol. The summed E-state index contributed by atoms with van der Waals surface area (Å²) >= 11 is 0. The van der Waals surface area contributed by atoms with Gasteiger partial charge in [-0.05, 0) is 79.7 Å². The molecule has 4 atom stereocenters. The second kappa shape index (κ2) is 12.0. The molecular formula is C37H43N3O4. The summed E-state index contributed by atoms with van der Waals surface area (Å²) in [5, 5.41) is 27.5. The zero-order chi connectivity index (χ0) is 30.3. The monoisotopic (exact) mass is 593 g/mol. The van der Waals surface area contributed by atoms with E-state index < -0.39 is 12.3 Å². The van der Waals surface area contributed by atoms with Gasteiger partial charge in [-0.3, -0.25) is 0 Å². The van der Waals surface area contributed by atoms with Crippen LogP contribution in [0.4, 0.5) is 0 Å². The molecule has 7 rings (SSSR count).